The third kappa shape index (κ3) is 6.49. The number of hydrogen-bond donors (Lipinski definition) is 0. The molecular formula is C27H44O3. The Kier molecular flexibility index (Phi) is 7.69. The summed E-state index contributed by atoms with van der Waals surface area (Å²) in [6.45, 7) is 19.8. The van der Waals surface area contributed by atoms with Crippen molar-refractivity contribution >= 4 is 5.97 Å². The number of carbonyl (C=O) groups excluding carboxylic acids is 1. The van der Waals surface area contributed by atoms with Gasteiger partial charge in [-0.05, 0) is 87.3 Å². The fourth-order valence-corrected chi connectivity index (χ4v) is 4.49. The zero-order valence-electron chi connectivity index (χ0n) is 20.9. The Morgan fingerprint density at radius 3 is 2.20 bits per heavy atom. The highest BCUT2D eigenvalue weighted by molar-refractivity contribution is 5.93. The Balaban J connectivity index is 2.47. The van der Waals surface area contributed by atoms with Crippen molar-refractivity contribution in [2.45, 2.75) is 118 Å². The van der Waals surface area contributed by atoms with E-state index in [0.29, 0.717) is 17.2 Å². The lowest BCUT2D eigenvalue weighted by Crippen LogP contribution is -2.29. The van der Waals surface area contributed by atoms with Gasteiger partial charge >= 0.3 is 5.97 Å². The van der Waals surface area contributed by atoms with Gasteiger partial charge in [-0.2, -0.15) is 0 Å². The summed E-state index contributed by atoms with van der Waals surface area (Å²) < 4.78 is 12.0. The molecule has 0 spiro atoms. The summed E-state index contributed by atoms with van der Waals surface area (Å²) >= 11 is 0. The molecule has 1 aromatic rings. The molecule has 0 saturated heterocycles. The Morgan fingerprint density at radius 2 is 1.70 bits per heavy atom. The monoisotopic (exact) mass is 416 g/mol. The largest absolute Gasteiger partial charge is 0.490 e. The maximum Gasteiger partial charge on any atom is 0.342 e. The van der Waals surface area contributed by atoms with E-state index in [4.69, 9.17) is 9.47 Å². The Labute approximate surface area is 184 Å². The number of carbonyl (C=O) groups is 1. The summed E-state index contributed by atoms with van der Waals surface area (Å²) in [5.41, 5.74) is 1.75. The van der Waals surface area contributed by atoms with Crippen molar-refractivity contribution in [3.63, 3.8) is 0 Å². The lowest BCUT2D eigenvalue weighted by Gasteiger charge is -2.38. The summed E-state index contributed by atoms with van der Waals surface area (Å²) in [7, 11) is 0. The summed E-state index contributed by atoms with van der Waals surface area (Å²) in [4.78, 5) is 13.3. The smallest absolute Gasteiger partial charge is 0.342 e. The lowest BCUT2D eigenvalue weighted by molar-refractivity contribution is -0.00653. The van der Waals surface area contributed by atoms with Crippen LogP contribution in [0.1, 0.15) is 123 Å². The molecule has 1 fully saturated rings. The van der Waals surface area contributed by atoms with E-state index < -0.39 is 0 Å². The summed E-state index contributed by atoms with van der Waals surface area (Å²) in [6, 6.07) is 6.18. The van der Waals surface area contributed by atoms with E-state index in [1.165, 1.54) is 5.56 Å². The first-order chi connectivity index (χ1) is 13.8. The molecule has 1 aromatic carbocycles. The number of ether oxygens (including phenoxy) is 2. The normalized spacial score (nSPS) is 17.8. The summed E-state index contributed by atoms with van der Waals surface area (Å²) in [5, 5.41) is 0. The van der Waals surface area contributed by atoms with Crippen LogP contribution in [-0.4, -0.2) is 17.7 Å². The van der Waals surface area contributed by atoms with Gasteiger partial charge in [0.2, 0.25) is 0 Å². The average molecular weight is 417 g/mol. The molecule has 30 heavy (non-hydrogen) atoms. The molecule has 2 rings (SSSR count). The van der Waals surface area contributed by atoms with Crippen LogP contribution in [0.3, 0.4) is 0 Å². The number of esters is 1. The molecule has 0 aliphatic heterocycles. The van der Waals surface area contributed by atoms with E-state index in [1.807, 2.05) is 26.0 Å². The standard InChI is InChI=1S/C27H44O3/c1-10-26(7,8)22(18-25(4,5)6)20-13-14-23(29-19(2)3)21(17-20)24(28)30-27(9)15-11-12-16-27/h13-14,17,19,22H,10-12,15-16,18H2,1-9H3. The van der Waals surface area contributed by atoms with Gasteiger partial charge in [-0.15, -0.1) is 0 Å². The molecule has 0 amide bonds. The second-order valence-electron chi connectivity index (χ2n) is 11.6. The van der Waals surface area contributed by atoms with Gasteiger partial charge in [0.25, 0.3) is 0 Å². The molecular weight excluding hydrogens is 372 g/mol. The molecule has 1 unspecified atom stereocenters. The topological polar surface area (TPSA) is 35.5 Å². The predicted molar refractivity (Wildman–Crippen MR) is 125 cm³/mol. The van der Waals surface area contributed by atoms with Gasteiger partial charge in [0.05, 0.1) is 6.10 Å². The highest BCUT2D eigenvalue weighted by atomic mass is 16.6. The maximum absolute atomic E-state index is 13.3. The van der Waals surface area contributed by atoms with Crippen LogP contribution in [0.5, 0.6) is 5.75 Å². The molecule has 1 aliphatic carbocycles. The fraction of sp³-hybridized carbons (Fsp3) is 0.741. The van der Waals surface area contributed by atoms with Crippen molar-refractivity contribution in [2.75, 3.05) is 0 Å². The van der Waals surface area contributed by atoms with Crippen molar-refractivity contribution in [1.82, 2.24) is 0 Å². The zero-order chi connectivity index (χ0) is 22.7. The van der Waals surface area contributed by atoms with Crippen LogP contribution in [-0.2, 0) is 4.74 Å². The Bertz CT molecular complexity index is 718. The van der Waals surface area contributed by atoms with Crippen molar-refractivity contribution in [2.24, 2.45) is 10.8 Å². The van der Waals surface area contributed by atoms with E-state index in [2.05, 4.69) is 54.5 Å². The molecule has 0 aromatic heterocycles. The molecule has 1 saturated carbocycles. The minimum atomic E-state index is -0.351. The summed E-state index contributed by atoms with van der Waals surface area (Å²) in [5.74, 6) is 0.731. The summed E-state index contributed by atoms with van der Waals surface area (Å²) in [6.07, 6.45) is 6.26. The van der Waals surface area contributed by atoms with Crippen LogP contribution in [0, 0.1) is 10.8 Å². The Morgan fingerprint density at radius 1 is 1.10 bits per heavy atom. The van der Waals surface area contributed by atoms with Crippen LogP contribution >= 0.6 is 0 Å². The van der Waals surface area contributed by atoms with Gasteiger partial charge in [-0.25, -0.2) is 4.79 Å². The first-order valence-corrected chi connectivity index (χ1v) is 11.8. The number of benzene rings is 1. The fourth-order valence-electron chi connectivity index (χ4n) is 4.49. The zero-order valence-corrected chi connectivity index (χ0v) is 20.9. The predicted octanol–water partition coefficient (Wildman–Crippen LogP) is 7.92. The second kappa shape index (κ2) is 9.32. The van der Waals surface area contributed by atoms with Crippen LogP contribution in [0.2, 0.25) is 0 Å². The lowest BCUT2D eigenvalue weighted by atomic mass is 9.67. The van der Waals surface area contributed by atoms with Crippen LogP contribution in [0.4, 0.5) is 0 Å². The third-order valence-electron chi connectivity index (χ3n) is 6.66. The van der Waals surface area contributed by atoms with E-state index >= 15 is 0 Å². The van der Waals surface area contributed by atoms with E-state index in [1.54, 1.807) is 0 Å². The van der Waals surface area contributed by atoms with Gasteiger partial charge in [-0.3, -0.25) is 0 Å². The van der Waals surface area contributed by atoms with E-state index in [0.717, 1.165) is 38.5 Å². The maximum atomic E-state index is 13.3. The molecule has 3 heteroatoms. The number of hydrogen-bond acceptors (Lipinski definition) is 3. The quantitative estimate of drug-likeness (QED) is 0.404. The van der Waals surface area contributed by atoms with Crippen molar-refractivity contribution < 1.29 is 14.3 Å². The minimum absolute atomic E-state index is 0.00178. The second-order valence-corrected chi connectivity index (χ2v) is 11.6. The SMILES string of the molecule is CCC(C)(C)C(CC(C)(C)C)c1ccc(OC(C)C)c(C(=O)OC2(C)CCCC2)c1. The molecule has 1 aliphatic rings. The molecule has 0 heterocycles. The average Bonchev–Trinajstić information content (AvgIpc) is 3.04. The highest BCUT2D eigenvalue weighted by Crippen LogP contribution is 2.46. The van der Waals surface area contributed by atoms with Crippen molar-refractivity contribution in [3.05, 3.63) is 29.3 Å². The van der Waals surface area contributed by atoms with E-state index in [9.17, 15) is 4.79 Å². The molecule has 3 nitrogen and oxygen atoms in total. The van der Waals surface area contributed by atoms with Gasteiger partial charge in [0, 0.05) is 0 Å². The third-order valence-corrected chi connectivity index (χ3v) is 6.66. The van der Waals surface area contributed by atoms with E-state index in [-0.39, 0.29) is 28.5 Å². The minimum Gasteiger partial charge on any atom is -0.490 e. The van der Waals surface area contributed by atoms with Gasteiger partial charge in [-0.1, -0.05) is 54.0 Å². The first-order valence-electron chi connectivity index (χ1n) is 11.8. The Hall–Kier alpha value is -1.51. The van der Waals surface area contributed by atoms with Crippen LogP contribution < -0.4 is 4.74 Å². The molecule has 0 radical (unpaired) electrons. The highest BCUT2D eigenvalue weighted by Gasteiger charge is 2.36. The van der Waals surface area contributed by atoms with Crippen molar-refractivity contribution in [1.29, 1.82) is 0 Å². The van der Waals surface area contributed by atoms with Crippen LogP contribution in [0.25, 0.3) is 0 Å². The molecule has 0 N–H and O–H groups in total. The van der Waals surface area contributed by atoms with Gasteiger partial charge < -0.3 is 9.47 Å². The van der Waals surface area contributed by atoms with Crippen molar-refractivity contribution in [3.8, 4) is 5.75 Å². The van der Waals surface area contributed by atoms with Gasteiger partial charge in [0.15, 0.2) is 0 Å². The van der Waals surface area contributed by atoms with Gasteiger partial charge in [0.1, 0.15) is 16.9 Å². The molecule has 1 atom stereocenters. The van der Waals surface area contributed by atoms with Crippen LogP contribution in [0.15, 0.2) is 18.2 Å². The molecule has 0 bridgehead atoms. The first kappa shape index (κ1) is 24.8. The number of rotatable bonds is 8. The molecule has 170 valence electrons.